The van der Waals surface area contributed by atoms with E-state index in [0.717, 1.165) is 25.0 Å². The fourth-order valence-corrected chi connectivity index (χ4v) is 3.26. The molecule has 1 unspecified atom stereocenters. The van der Waals surface area contributed by atoms with Crippen LogP contribution in [0.1, 0.15) is 12.5 Å². The fourth-order valence-electron chi connectivity index (χ4n) is 2.58. The molecule has 3 aromatic rings. The summed E-state index contributed by atoms with van der Waals surface area (Å²) in [5, 5.41) is 7.96. The predicted molar refractivity (Wildman–Crippen MR) is 85.2 cm³/mol. The first-order valence-corrected chi connectivity index (χ1v) is 7.95. The van der Waals surface area contributed by atoms with Crippen molar-refractivity contribution < 1.29 is 0 Å². The highest BCUT2D eigenvalue weighted by molar-refractivity contribution is 7.07. The van der Waals surface area contributed by atoms with Crippen LogP contribution in [0, 0.1) is 0 Å². The molecule has 0 aliphatic heterocycles. The molecule has 0 aliphatic carbocycles. The SMILES string of the molecule is CCNC(Cc1ccsc1)Cn1cnc2ccccc21. The number of hydrogen-bond acceptors (Lipinski definition) is 3. The van der Waals surface area contributed by atoms with Gasteiger partial charge in [0, 0.05) is 12.6 Å². The van der Waals surface area contributed by atoms with E-state index < -0.39 is 0 Å². The van der Waals surface area contributed by atoms with Crippen molar-refractivity contribution in [3.63, 3.8) is 0 Å². The van der Waals surface area contributed by atoms with Crippen LogP contribution in [0.2, 0.25) is 0 Å². The lowest BCUT2D eigenvalue weighted by atomic mass is 10.1. The lowest BCUT2D eigenvalue weighted by molar-refractivity contribution is 0.461. The molecule has 0 fully saturated rings. The zero-order valence-electron chi connectivity index (χ0n) is 11.6. The van der Waals surface area contributed by atoms with Crippen LogP contribution in [0.5, 0.6) is 0 Å². The molecular formula is C16H19N3S. The minimum absolute atomic E-state index is 0.437. The fraction of sp³-hybridized carbons (Fsp3) is 0.312. The molecule has 3 nitrogen and oxygen atoms in total. The van der Waals surface area contributed by atoms with Crippen molar-refractivity contribution in [3.05, 3.63) is 53.0 Å². The maximum atomic E-state index is 4.47. The average molecular weight is 285 g/mol. The number of rotatable bonds is 6. The van der Waals surface area contributed by atoms with Crippen molar-refractivity contribution in [2.24, 2.45) is 0 Å². The topological polar surface area (TPSA) is 29.9 Å². The van der Waals surface area contributed by atoms with Crippen LogP contribution in [0.3, 0.4) is 0 Å². The Hall–Kier alpha value is -1.65. The molecule has 0 saturated carbocycles. The Morgan fingerprint density at radius 3 is 3.00 bits per heavy atom. The number of nitrogens with zero attached hydrogens (tertiary/aromatic N) is 2. The van der Waals surface area contributed by atoms with Gasteiger partial charge in [-0.05, 0) is 47.5 Å². The van der Waals surface area contributed by atoms with E-state index >= 15 is 0 Å². The van der Waals surface area contributed by atoms with Crippen molar-refractivity contribution >= 4 is 22.4 Å². The number of thiophene rings is 1. The van der Waals surface area contributed by atoms with E-state index in [1.54, 1.807) is 11.3 Å². The van der Waals surface area contributed by atoms with Crippen LogP contribution >= 0.6 is 11.3 Å². The molecule has 0 saturated heterocycles. The van der Waals surface area contributed by atoms with Gasteiger partial charge in [-0.15, -0.1) is 0 Å². The summed E-state index contributed by atoms with van der Waals surface area (Å²) in [4.78, 5) is 4.47. The molecule has 1 atom stereocenters. The summed E-state index contributed by atoms with van der Waals surface area (Å²) in [6, 6.07) is 10.9. The Bertz CT molecular complexity index is 657. The number of nitrogens with one attached hydrogen (secondary N) is 1. The Labute approximate surface area is 123 Å². The second kappa shape index (κ2) is 6.20. The third kappa shape index (κ3) is 2.92. The van der Waals surface area contributed by atoms with E-state index in [2.05, 4.69) is 56.8 Å². The highest BCUT2D eigenvalue weighted by atomic mass is 32.1. The molecule has 4 heteroatoms. The summed E-state index contributed by atoms with van der Waals surface area (Å²) < 4.78 is 2.25. The normalized spacial score (nSPS) is 12.8. The van der Waals surface area contributed by atoms with Gasteiger partial charge >= 0.3 is 0 Å². The molecule has 1 N–H and O–H groups in total. The zero-order chi connectivity index (χ0) is 13.8. The van der Waals surface area contributed by atoms with Gasteiger partial charge in [-0.25, -0.2) is 4.98 Å². The number of hydrogen-bond donors (Lipinski definition) is 1. The summed E-state index contributed by atoms with van der Waals surface area (Å²) in [6.45, 7) is 4.10. The van der Waals surface area contributed by atoms with Gasteiger partial charge < -0.3 is 9.88 Å². The summed E-state index contributed by atoms with van der Waals surface area (Å²) in [5.41, 5.74) is 3.68. The quantitative estimate of drug-likeness (QED) is 0.753. The molecule has 1 aromatic carbocycles. The van der Waals surface area contributed by atoms with E-state index in [-0.39, 0.29) is 0 Å². The third-order valence-corrected chi connectivity index (χ3v) is 4.23. The smallest absolute Gasteiger partial charge is 0.0958 e. The molecule has 0 amide bonds. The molecular weight excluding hydrogens is 266 g/mol. The predicted octanol–water partition coefficient (Wildman–Crippen LogP) is 3.32. The second-order valence-electron chi connectivity index (χ2n) is 4.98. The lowest BCUT2D eigenvalue weighted by Crippen LogP contribution is -2.34. The van der Waals surface area contributed by atoms with Crippen molar-refractivity contribution in [2.45, 2.75) is 25.9 Å². The maximum Gasteiger partial charge on any atom is 0.0958 e. The van der Waals surface area contributed by atoms with Crippen LogP contribution in [0.25, 0.3) is 11.0 Å². The van der Waals surface area contributed by atoms with Gasteiger partial charge in [-0.1, -0.05) is 19.1 Å². The molecule has 0 aliphatic rings. The summed E-state index contributed by atoms with van der Waals surface area (Å²) in [5.74, 6) is 0. The first-order chi connectivity index (χ1) is 9.86. The van der Waals surface area contributed by atoms with Gasteiger partial charge in [0.25, 0.3) is 0 Å². The molecule has 104 valence electrons. The monoisotopic (exact) mass is 285 g/mol. The summed E-state index contributed by atoms with van der Waals surface area (Å²) in [6.07, 6.45) is 3.01. The minimum atomic E-state index is 0.437. The maximum absolute atomic E-state index is 4.47. The van der Waals surface area contributed by atoms with Crippen molar-refractivity contribution in [3.8, 4) is 0 Å². The summed E-state index contributed by atoms with van der Waals surface area (Å²) in [7, 11) is 0. The standard InChI is InChI=1S/C16H19N3S/c1-2-17-14(9-13-7-8-20-11-13)10-19-12-18-15-5-3-4-6-16(15)19/h3-8,11-12,14,17H,2,9-10H2,1H3. The highest BCUT2D eigenvalue weighted by Crippen LogP contribution is 2.14. The molecule has 20 heavy (non-hydrogen) atoms. The average Bonchev–Trinajstić information content (AvgIpc) is 3.10. The second-order valence-corrected chi connectivity index (χ2v) is 5.76. The highest BCUT2D eigenvalue weighted by Gasteiger charge is 2.11. The van der Waals surface area contributed by atoms with E-state index in [1.807, 2.05) is 12.4 Å². The Morgan fingerprint density at radius 2 is 2.20 bits per heavy atom. The van der Waals surface area contributed by atoms with Crippen LogP contribution in [0.15, 0.2) is 47.4 Å². The number of fused-ring (bicyclic) bond motifs is 1. The van der Waals surface area contributed by atoms with Crippen molar-refractivity contribution in [1.82, 2.24) is 14.9 Å². The van der Waals surface area contributed by atoms with Gasteiger partial charge in [-0.2, -0.15) is 11.3 Å². The van der Waals surface area contributed by atoms with Crippen molar-refractivity contribution in [1.29, 1.82) is 0 Å². The first-order valence-electron chi connectivity index (χ1n) is 7.01. The Morgan fingerprint density at radius 1 is 1.30 bits per heavy atom. The zero-order valence-corrected chi connectivity index (χ0v) is 12.4. The number of benzene rings is 1. The number of likely N-dealkylation sites (N-methyl/N-ethyl adjacent to an activating group) is 1. The minimum Gasteiger partial charge on any atom is -0.329 e. The van der Waals surface area contributed by atoms with Crippen LogP contribution in [-0.4, -0.2) is 22.1 Å². The first kappa shape index (κ1) is 13.3. The Kier molecular flexibility index (Phi) is 4.14. The van der Waals surface area contributed by atoms with Gasteiger partial charge in [0.1, 0.15) is 0 Å². The van der Waals surface area contributed by atoms with Gasteiger partial charge in [0.05, 0.1) is 17.4 Å². The molecule has 2 aromatic heterocycles. The van der Waals surface area contributed by atoms with Crippen LogP contribution in [-0.2, 0) is 13.0 Å². The molecule has 0 spiro atoms. The molecule has 2 heterocycles. The number of aromatic nitrogens is 2. The van der Waals surface area contributed by atoms with E-state index in [9.17, 15) is 0 Å². The van der Waals surface area contributed by atoms with E-state index in [4.69, 9.17) is 0 Å². The number of imidazole rings is 1. The van der Waals surface area contributed by atoms with E-state index in [1.165, 1.54) is 11.1 Å². The van der Waals surface area contributed by atoms with Crippen LogP contribution < -0.4 is 5.32 Å². The van der Waals surface area contributed by atoms with Crippen LogP contribution in [0.4, 0.5) is 0 Å². The summed E-state index contributed by atoms with van der Waals surface area (Å²) >= 11 is 1.76. The largest absolute Gasteiger partial charge is 0.329 e. The van der Waals surface area contributed by atoms with Gasteiger partial charge in [0.15, 0.2) is 0 Å². The molecule has 0 radical (unpaired) electrons. The molecule has 3 rings (SSSR count). The number of para-hydroxylation sites is 2. The Balaban J connectivity index is 1.78. The van der Waals surface area contributed by atoms with Gasteiger partial charge in [-0.3, -0.25) is 0 Å². The molecule has 0 bridgehead atoms. The van der Waals surface area contributed by atoms with Crippen molar-refractivity contribution in [2.75, 3.05) is 6.54 Å². The third-order valence-electron chi connectivity index (χ3n) is 3.50. The van der Waals surface area contributed by atoms with E-state index in [0.29, 0.717) is 6.04 Å². The lowest BCUT2D eigenvalue weighted by Gasteiger charge is -2.18. The van der Waals surface area contributed by atoms with Gasteiger partial charge in [0.2, 0.25) is 0 Å².